The molecular weight excluding hydrogens is 282 g/mol. The number of carbonyl (C=O) groups excluding carboxylic acids is 1. The number of nitrogen functional groups attached to an aromatic ring is 1. The molecule has 0 spiro atoms. The molecule has 1 amide bonds. The van der Waals surface area contributed by atoms with Gasteiger partial charge in [-0.15, -0.1) is 0 Å². The summed E-state index contributed by atoms with van der Waals surface area (Å²) < 4.78 is 10.4. The summed E-state index contributed by atoms with van der Waals surface area (Å²) in [5.41, 5.74) is 7.46. The van der Waals surface area contributed by atoms with Crippen molar-refractivity contribution in [1.29, 1.82) is 0 Å². The summed E-state index contributed by atoms with van der Waals surface area (Å²) in [5, 5.41) is 2.82. The number of hydrogen-bond acceptors (Lipinski definition) is 5. The predicted molar refractivity (Wildman–Crippen MR) is 84.2 cm³/mol. The molecule has 6 nitrogen and oxygen atoms in total. The van der Waals surface area contributed by atoms with Gasteiger partial charge in [0, 0.05) is 6.54 Å². The van der Waals surface area contributed by atoms with Crippen molar-refractivity contribution >= 4 is 11.6 Å². The normalized spacial score (nSPS) is 10.1. The van der Waals surface area contributed by atoms with E-state index in [2.05, 4.69) is 10.3 Å². The van der Waals surface area contributed by atoms with Gasteiger partial charge in [0.2, 0.25) is 0 Å². The van der Waals surface area contributed by atoms with Crippen molar-refractivity contribution in [2.24, 2.45) is 0 Å². The Bertz CT molecular complexity index is 642. The zero-order valence-corrected chi connectivity index (χ0v) is 12.6. The van der Waals surface area contributed by atoms with Gasteiger partial charge in [-0.05, 0) is 36.2 Å². The molecule has 0 aliphatic rings. The SMILES string of the molecule is COc1ccc(CCNC(=O)c2ccc(N)cn2)cc1OC. The molecule has 0 radical (unpaired) electrons. The minimum Gasteiger partial charge on any atom is -0.493 e. The molecule has 0 fully saturated rings. The summed E-state index contributed by atoms with van der Waals surface area (Å²) in [6, 6.07) is 8.93. The number of nitrogens with one attached hydrogen (secondary N) is 1. The highest BCUT2D eigenvalue weighted by Crippen LogP contribution is 2.27. The van der Waals surface area contributed by atoms with Crippen LogP contribution in [0.4, 0.5) is 5.69 Å². The maximum atomic E-state index is 11.9. The Morgan fingerprint density at radius 3 is 2.59 bits per heavy atom. The lowest BCUT2D eigenvalue weighted by Crippen LogP contribution is -2.26. The number of nitrogens with two attached hydrogens (primary N) is 1. The number of carbonyl (C=O) groups is 1. The van der Waals surface area contributed by atoms with Crippen molar-refractivity contribution in [1.82, 2.24) is 10.3 Å². The smallest absolute Gasteiger partial charge is 0.269 e. The summed E-state index contributed by atoms with van der Waals surface area (Å²) in [6.45, 7) is 0.500. The quantitative estimate of drug-likeness (QED) is 0.847. The van der Waals surface area contributed by atoms with E-state index in [-0.39, 0.29) is 5.91 Å². The number of ether oxygens (including phenoxy) is 2. The van der Waals surface area contributed by atoms with Crippen molar-refractivity contribution in [2.45, 2.75) is 6.42 Å². The number of pyridine rings is 1. The van der Waals surface area contributed by atoms with Crippen LogP contribution in [0.5, 0.6) is 11.5 Å². The number of methoxy groups -OCH3 is 2. The molecule has 116 valence electrons. The molecule has 2 rings (SSSR count). The monoisotopic (exact) mass is 301 g/mol. The highest BCUT2D eigenvalue weighted by molar-refractivity contribution is 5.92. The molecule has 22 heavy (non-hydrogen) atoms. The fourth-order valence-electron chi connectivity index (χ4n) is 1.99. The van der Waals surface area contributed by atoms with Crippen LogP contribution in [-0.2, 0) is 6.42 Å². The number of rotatable bonds is 6. The molecule has 1 aromatic heterocycles. The van der Waals surface area contributed by atoms with E-state index >= 15 is 0 Å². The number of anilines is 1. The van der Waals surface area contributed by atoms with Crippen LogP contribution in [-0.4, -0.2) is 31.7 Å². The third-order valence-electron chi connectivity index (χ3n) is 3.17. The first kappa shape index (κ1) is 15.6. The Balaban J connectivity index is 1.90. The molecule has 0 aliphatic heterocycles. The first-order valence-electron chi connectivity index (χ1n) is 6.84. The highest BCUT2D eigenvalue weighted by atomic mass is 16.5. The lowest BCUT2D eigenvalue weighted by molar-refractivity contribution is 0.0949. The third-order valence-corrected chi connectivity index (χ3v) is 3.17. The number of hydrogen-bond donors (Lipinski definition) is 2. The minimum absolute atomic E-state index is 0.222. The van der Waals surface area contributed by atoms with Crippen LogP contribution in [0.3, 0.4) is 0 Å². The Hall–Kier alpha value is -2.76. The molecule has 0 bridgehead atoms. The van der Waals surface area contributed by atoms with E-state index in [0.717, 1.165) is 5.56 Å². The van der Waals surface area contributed by atoms with E-state index in [1.165, 1.54) is 6.20 Å². The molecule has 0 atom stereocenters. The first-order chi connectivity index (χ1) is 10.6. The van der Waals surface area contributed by atoms with Crippen LogP contribution in [0.15, 0.2) is 36.5 Å². The van der Waals surface area contributed by atoms with Crippen LogP contribution < -0.4 is 20.5 Å². The Kier molecular flexibility index (Phi) is 5.19. The Morgan fingerprint density at radius 1 is 1.18 bits per heavy atom. The van der Waals surface area contributed by atoms with Gasteiger partial charge in [-0.1, -0.05) is 6.07 Å². The van der Waals surface area contributed by atoms with E-state index < -0.39 is 0 Å². The van der Waals surface area contributed by atoms with Gasteiger partial charge in [-0.25, -0.2) is 4.98 Å². The second kappa shape index (κ2) is 7.31. The second-order valence-corrected chi connectivity index (χ2v) is 4.67. The van der Waals surface area contributed by atoms with Crippen molar-refractivity contribution in [2.75, 3.05) is 26.5 Å². The van der Waals surface area contributed by atoms with E-state index in [1.807, 2.05) is 18.2 Å². The summed E-state index contributed by atoms with van der Waals surface area (Å²) in [6.07, 6.45) is 2.14. The second-order valence-electron chi connectivity index (χ2n) is 4.67. The van der Waals surface area contributed by atoms with Gasteiger partial charge in [-0.3, -0.25) is 4.79 Å². The fourth-order valence-corrected chi connectivity index (χ4v) is 1.99. The van der Waals surface area contributed by atoms with Crippen molar-refractivity contribution in [3.05, 3.63) is 47.8 Å². The molecule has 0 saturated heterocycles. The van der Waals surface area contributed by atoms with Crippen molar-refractivity contribution in [3.8, 4) is 11.5 Å². The summed E-state index contributed by atoms with van der Waals surface area (Å²) in [4.78, 5) is 15.9. The lowest BCUT2D eigenvalue weighted by Gasteiger charge is -2.10. The number of benzene rings is 1. The van der Waals surface area contributed by atoms with Crippen LogP contribution >= 0.6 is 0 Å². The Labute approximate surface area is 129 Å². The summed E-state index contributed by atoms with van der Waals surface area (Å²) in [5.74, 6) is 1.13. The fraction of sp³-hybridized carbons (Fsp3) is 0.250. The average Bonchev–Trinajstić information content (AvgIpc) is 2.55. The van der Waals surface area contributed by atoms with Gasteiger partial charge >= 0.3 is 0 Å². The van der Waals surface area contributed by atoms with E-state index in [4.69, 9.17) is 15.2 Å². The molecular formula is C16H19N3O3. The maximum Gasteiger partial charge on any atom is 0.269 e. The molecule has 1 aromatic carbocycles. The van der Waals surface area contributed by atoms with Crippen LogP contribution in [0.1, 0.15) is 16.1 Å². The lowest BCUT2D eigenvalue weighted by atomic mass is 10.1. The third kappa shape index (κ3) is 3.88. The van der Waals surface area contributed by atoms with E-state index in [0.29, 0.717) is 35.8 Å². The molecule has 3 N–H and O–H groups in total. The number of nitrogens with zero attached hydrogens (tertiary/aromatic N) is 1. The molecule has 0 aliphatic carbocycles. The molecule has 2 aromatic rings. The van der Waals surface area contributed by atoms with Gasteiger partial charge in [-0.2, -0.15) is 0 Å². The topological polar surface area (TPSA) is 86.5 Å². The molecule has 0 unspecified atom stereocenters. The number of aromatic nitrogens is 1. The minimum atomic E-state index is -0.222. The largest absolute Gasteiger partial charge is 0.493 e. The predicted octanol–water partition coefficient (Wildman–Crippen LogP) is 1.65. The summed E-state index contributed by atoms with van der Waals surface area (Å²) in [7, 11) is 3.19. The molecule has 0 saturated carbocycles. The van der Waals surface area contributed by atoms with Gasteiger partial charge in [0.25, 0.3) is 5.91 Å². The molecule has 1 heterocycles. The zero-order chi connectivity index (χ0) is 15.9. The van der Waals surface area contributed by atoms with Crippen LogP contribution in [0.25, 0.3) is 0 Å². The van der Waals surface area contributed by atoms with E-state index in [9.17, 15) is 4.79 Å². The van der Waals surface area contributed by atoms with Gasteiger partial charge < -0.3 is 20.5 Å². The Morgan fingerprint density at radius 2 is 1.95 bits per heavy atom. The van der Waals surface area contributed by atoms with Gasteiger partial charge in [0.05, 0.1) is 26.1 Å². The average molecular weight is 301 g/mol. The first-order valence-corrected chi connectivity index (χ1v) is 6.84. The van der Waals surface area contributed by atoms with Crippen LogP contribution in [0, 0.1) is 0 Å². The molecule has 6 heteroatoms. The van der Waals surface area contributed by atoms with Crippen molar-refractivity contribution < 1.29 is 14.3 Å². The number of amides is 1. The van der Waals surface area contributed by atoms with Gasteiger partial charge in [0.15, 0.2) is 11.5 Å². The van der Waals surface area contributed by atoms with E-state index in [1.54, 1.807) is 26.4 Å². The van der Waals surface area contributed by atoms with Crippen LogP contribution in [0.2, 0.25) is 0 Å². The van der Waals surface area contributed by atoms with Crippen molar-refractivity contribution in [3.63, 3.8) is 0 Å². The highest BCUT2D eigenvalue weighted by Gasteiger charge is 2.07. The summed E-state index contributed by atoms with van der Waals surface area (Å²) >= 11 is 0. The zero-order valence-electron chi connectivity index (χ0n) is 12.6. The maximum absolute atomic E-state index is 11.9. The standard InChI is InChI=1S/C16H19N3O3/c1-21-14-6-3-11(9-15(14)22-2)7-8-18-16(20)13-5-4-12(17)10-19-13/h3-6,9-10H,7-8,17H2,1-2H3,(H,18,20). The van der Waals surface area contributed by atoms with Gasteiger partial charge in [0.1, 0.15) is 5.69 Å².